The summed E-state index contributed by atoms with van der Waals surface area (Å²) in [6.07, 6.45) is 3.29. The Morgan fingerprint density at radius 3 is 2.44 bits per heavy atom. The predicted octanol–water partition coefficient (Wildman–Crippen LogP) is 2.21. The fourth-order valence-corrected chi connectivity index (χ4v) is 1.56. The lowest BCUT2D eigenvalue weighted by Gasteiger charge is -2.19. The van der Waals surface area contributed by atoms with Gasteiger partial charge in [0.1, 0.15) is 0 Å². The normalized spacial score (nSPS) is 9.61. The third kappa shape index (κ3) is 3.13. The molecule has 0 saturated carbocycles. The molecule has 0 spiro atoms. The molecule has 1 aromatic carbocycles. The van der Waals surface area contributed by atoms with Crippen molar-refractivity contribution in [3.63, 3.8) is 0 Å². The fourth-order valence-electron chi connectivity index (χ4n) is 1.56. The summed E-state index contributed by atoms with van der Waals surface area (Å²) in [7, 11) is 1.46. The van der Waals surface area contributed by atoms with E-state index in [0.29, 0.717) is 24.4 Å². The lowest BCUT2D eigenvalue weighted by Crippen LogP contribution is -2.31. The average Bonchev–Trinajstić information content (AvgIpc) is 2.37. The summed E-state index contributed by atoms with van der Waals surface area (Å²) in [5, 5.41) is 9.65. The number of ether oxygens (including phenoxy) is 1. The first-order valence-electron chi connectivity index (χ1n) is 5.52. The number of phenolic OH excluding ortho intramolecular Hbond substituents is 1. The maximum atomic E-state index is 12.2. The van der Waals surface area contributed by atoms with E-state index >= 15 is 0 Å². The zero-order valence-corrected chi connectivity index (χ0v) is 10.4. The van der Waals surface area contributed by atoms with Gasteiger partial charge in [-0.15, -0.1) is 13.2 Å². The van der Waals surface area contributed by atoms with Crippen molar-refractivity contribution in [3.05, 3.63) is 49.1 Å². The highest BCUT2D eigenvalue weighted by atomic mass is 16.5. The second kappa shape index (κ2) is 6.49. The van der Waals surface area contributed by atoms with E-state index in [2.05, 4.69) is 13.2 Å². The number of hydrogen-bond acceptors (Lipinski definition) is 3. The van der Waals surface area contributed by atoms with Crippen LogP contribution in [0.4, 0.5) is 0 Å². The molecule has 4 heteroatoms. The summed E-state index contributed by atoms with van der Waals surface area (Å²) < 4.78 is 4.93. The molecule has 0 heterocycles. The van der Waals surface area contributed by atoms with Gasteiger partial charge in [0.15, 0.2) is 11.5 Å². The zero-order valence-electron chi connectivity index (χ0n) is 10.4. The first kappa shape index (κ1) is 13.8. The minimum atomic E-state index is -0.187. The lowest BCUT2D eigenvalue weighted by atomic mass is 10.1. The Labute approximate surface area is 107 Å². The average molecular weight is 247 g/mol. The van der Waals surface area contributed by atoms with Crippen molar-refractivity contribution in [2.45, 2.75) is 0 Å². The van der Waals surface area contributed by atoms with Crippen LogP contribution in [0.3, 0.4) is 0 Å². The van der Waals surface area contributed by atoms with Crippen LogP contribution < -0.4 is 4.74 Å². The predicted molar refractivity (Wildman–Crippen MR) is 71.0 cm³/mol. The number of rotatable bonds is 6. The van der Waals surface area contributed by atoms with Crippen molar-refractivity contribution in [2.24, 2.45) is 0 Å². The summed E-state index contributed by atoms with van der Waals surface area (Å²) in [6, 6.07) is 4.56. The zero-order chi connectivity index (χ0) is 13.5. The number of phenols is 1. The molecule has 0 radical (unpaired) electrons. The molecule has 0 fully saturated rings. The van der Waals surface area contributed by atoms with Crippen LogP contribution in [-0.4, -0.2) is 36.1 Å². The molecule has 1 aromatic rings. The van der Waals surface area contributed by atoms with Crippen molar-refractivity contribution in [1.29, 1.82) is 0 Å². The van der Waals surface area contributed by atoms with E-state index in [1.165, 1.54) is 13.2 Å². The summed E-state index contributed by atoms with van der Waals surface area (Å²) in [5.74, 6) is 0.0961. The monoisotopic (exact) mass is 247 g/mol. The molecule has 0 aromatic heterocycles. The number of nitrogens with zero attached hydrogens (tertiary/aromatic N) is 1. The summed E-state index contributed by atoms with van der Waals surface area (Å²) in [5.41, 5.74) is 0.400. The molecule has 0 aliphatic heterocycles. The molecule has 96 valence electrons. The van der Waals surface area contributed by atoms with Gasteiger partial charge in [-0.1, -0.05) is 12.2 Å². The Balaban J connectivity index is 2.97. The van der Waals surface area contributed by atoms with Crippen molar-refractivity contribution in [2.75, 3.05) is 20.2 Å². The van der Waals surface area contributed by atoms with Gasteiger partial charge in [-0.25, -0.2) is 0 Å². The topological polar surface area (TPSA) is 49.8 Å². The SMILES string of the molecule is C=CCN(CC=C)C(=O)c1ccc(OC)c(O)c1. The van der Waals surface area contributed by atoms with Crippen LogP contribution in [0.25, 0.3) is 0 Å². The summed E-state index contributed by atoms with van der Waals surface area (Å²) in [6.45, 7) is 8.07. The van der Waals surface area contributed by atoms with Crippen molar-refractivity contribution < 1.29 is 14.6 Å². The number of benzene rings is 1. The molecule has 4 nitrogen and oxygen atoms in total. The third-order valence-corrected chi connectivity index (χ3v) is 2.41. The second-order valence-electron chi connectivity index (χ2n) is 3.67. The van der Waals surface area contributed by atoms with Gasteiger partial charge in [0.25, 0.3) is 5.91 Å². The first-order chi connectivity index (χ1) is 8.63. The third-order valence-electron chi connectivity index (χ3n) is 2.41. The van der Waals surface area contributed by atoms with Gasteiger partial charge in [0.05, 0.1) is 7.11 Å². The van der Waals surface area contributed by atoms with E-state index < -0.39 is 0 Å². The molecular weight excluding hydrogens is 230 g/mol. The number of hydrogen-bond donors (Lipinski definition) is 1. The van der Waals surface area contributed by atoms with Gasteiger partial charge < -0.3 is 14.7 Å². The smallest absolute Gasteiger partial charge is 0.254 e. The van der Waals surface area contributed by atoms with Crippen molar-refractivity contribution >= 4 is 5.91 Å². The maximum absolute atomic E-state index is 12.2. The van der Waals surface area contributed by atoms with Gasteiger partial charge in [0.2, 0.25) is 0 Å². The lowest BCUT2D eigenvalue weighted by molar-refractivity contribution is 0.0790. The maximum Gasteiger partial charge on any atom is 0.254 e. The highest BCUT2D eigenvalue weighted by molar-refractivity contribution is 5.95. The molecule has 1 rings (SSSR count). The van der Waals surface area contributed by atoms with Crippen LogP contribution in [0, 0.1) is 0 Å². The summed E-state index contributed by atoms with van der Waals surface area (Å²) in [4.78, 5) is 13.7. The van der Waals surface area contributed by atoms with Crippen molar-refractivity contribution in [3.8, 4) is 11.5 Å². The molecule has 0 saturated heterocycles. The molecule has 0 bridgehead atoms. The number of aromatic hydroxyl groups is 1. The minimum absolute atomic E-state index is 0.0551. The van der Waals surface area contributed by atoms with Gasteiger partial charge in [-0.2, -0.15) is 0 Å². The van der Waals surface area contributed by atoms with E-state index in [-0.39, 0.29) is 11.7 Å². The Morgan fingerprint density at radius 2 is 2.00 bits per heavy atom. The van der Waals surface area contributed by atoms with Gasteiger partial charge in [-0.05, 0) is 18.2 Å². The van der Waals surface area contributed by atoms with Crippen LogP contribution in [0.15, 0.2) is 43.5 Å². The highest BCUT2D eigenvalue weighted by Gasteiger charge is 2.15. The first-order valence-corrected chi connectivity index (χ1v) is 5.52. The van der Waals surface area contributed by atoms with E-state index in [0.717, 1.165) is 0 Å². The molecule has 1 amide bonds. The Bertz CT molecular complexity index is 444. The van der Waals surface area contributed by atoms with Crippen LogP contribution >= 0.6 is 0 Å². The van der Waals surface area contributed by atoms with Crippen LogP contribution in [0.2, 0.25) is 0 Å². The standard InChI is InChI=1S/C14H17NO3/c1-4-8-15(9-5-2)14(17)11-6-7-13(18-3)12(16)10-11/h4-7,10,16H,1-2,8-9H2,3H3. The second-order valence-corrected chi connectivity index (χ2v) is 3.67. The number of amides is 1. The van der Waals surface area contributed by atoms with Crippen LogP contribution in [0.5, 0.6) is 11.5 Å². The Hall–Kier alpha value is -2.23. The Morgan fingerprint density at radius 1 is 1.39 bits per heavy atom. The molecule has 0 unspecified atom stereocenters. The van der Waals surface area contributed by atoms with Crippen LogP contribution in [0.1, 0.15) is 10.4 Å². The van der Waals surface area contributed by atoms with E-state index in [4.69, 9.17) is 4.74 Å². The van der Waals surface area contributed by atoms with E-state index in [9.17, 15) is 9.90 Å². The van der Waals surface area contributed by atoms with Gasteiger partial charge in [0, 0.05) is 18.7 Å². The molecule has 0 aliphatic carbocycles. The molecule has 0 atom stereocenters. The molecular formula is C14H17NO3. The Kier molecular flexibility index (Phi) is 4.99. The van der Waals surface area contributed by atoms with Crippen LogP contribution in [-0.2, 0) is 0 Å². The minimum Gasteiger partial charge on any atom is -0.504 e. The van der Waals surface area contributed by atoms with Gasteiger partial charge in [-0.3, -0.25) is 4.79 Å². The quantitative estimate of drug-likeness (QED) is 0.784. The number of methoxy groups -OCH3 is 1. The largest absolute Gasteiger partial charge is 0.504 e. The molecule has 0 aliphatic rings. The number of carbonyl (C=O) groups excluding carboxylic acids is 1. The molecule has 1 N–H and O–H groups in total. The fraction of sp³-hybridized carbons (Fsp3) is 0.214. The van der Waals surface area contributed by atoms with Gasteiger partial charge >= 0.3 is 0 Å². The van der Waals surface area contributed by atoms with E-state index in [1.807, 2.05) is 0 Å². The van der Waals surface area contributed by atoms with Crippen molar-refractivity contribution in [1.82, 2.24) is 4.90 Å². The van der Waals surface area contributed by atoms with E-state index in [1.54, 1.807) is 29.2 Å². The highest BCUT2D eigenvalue weighted by Crippen LogP contribution is 2.26. The molecule has 18 heavy (non-hydrogen) atoms. The summed E-state index contributed by atoms with van der Waals surface area (Å²) >= 11 is 0. The number of carbonyl (C=O) groups is 1.